The summed E-state index contributed by atoms with van der Waals surface area (Å²) in [5, 5.41) is 8.60. The van der Waals surface area contributed by atoms with Crippen LogP contribution in [0.15, 0.2) is 18.2 Å². The molecule has 1 rings (SSSR count). The fourth-order valence-corrected chi connectivity index (χ4v) is 1.42. The third-order valence-corrected chi connectivity index (χ3v) is 2.72. The van der Waals surface area contributed by atoms with Crippen molar-refractivity contribution in [2.45, 2.75) is 32.7 Å². The summed E-state index contributed by atoms with van der Waals surface area (Å²) in [6.45, 7) is 4.57. The average molecular weight is 237 g/mol. The van der Waals surface area contributed by atoms with Gasteiger partial charge in [0, 0.05) is 0 Å². The highest BCUT2D eigenvalue weighted by Crippen LogP contribution is 2.16. The first-order valence-corrected chi connectivity index (χ1v) is 5.69. The fraction of sp³-hybridized carbons (Fsp3) is 0.462. The van der Waals surface area contributed by atoms with Gasteiger partial charge in [-0.1, -0.05) is 6.07 Å². The molecule has 1 aromatic rings. The number of ether oxygens (including phenoxy) is 1. The topological polar surface area (TPSA) is 72.5 Å². The standard InChI is InChI=1S/C13H19NO3/c1-9-5-6-11(8-10(9)2)17-7-3-4-12(14)13(15)16/h5-6,8,12H,3-4,7,14H2,1-2H3,(H,15,16). The summed E-state index contributed by atoms with van der Waals surface area (Å²) in [7, 11) is 0. The number of benzene rings is 1. The molecule has 4 nitrogen and oxygen atoms in total. The van der Waals surface area contributed by atoms with Crippen LogP contribution in [-0.2, 0) is 4.79 Å². The Morgan fingerprint density at radius 3 is 2.71 bits per heavy atom. The first kappa shape index (κ1) is 13.5. The summed E-state index contributed by atoms with van der Waals surface area (Å²) in [5.41, 5.74) is 7.80. The van der Waals surface area contributed by atoms with Gasteiger partial charge in [0.05, 0.1) is 6.61 Å². The minimum Gasteiger partial charge on any atom is -0.494 e. The van der Waals surface area contributed by atoms with Gasteiger partial charge in [-0.3, -0.25) is 4.79 Å². The zero-order valence-electron chi connectivity index (χ0n) is 10.3. The average Bonchev–Trinajstić information content (AvgIpc) is 2.28. The van der Waals surface area contributed by atoms with Crippen molar-refractivity contribution < 1.29 is 14.6 Å². The maximum Gasteiger partial charge on any atom is 0.320 e. The normalized spacial score (nSPS) is 12.2. The highest BCUT2D eigenvalue weighted by Gasteiger charge is 2.10. The van der Waals surface area contributed by atoms with Crippen LogP contribution in [0.25, 0.3) is 0 Å². The zero-order valence-corrected chi connectivity index (χ0v) is 10.3. The van der Waals surface area contributed by atoms with Gasteiger partial charge in [0.15, 0.2) is 0 Å². The van der Waals surface area contributed by atoms with E-state index in [0.717, 1.165) is 5.75 Å². The van der Waals surface area contributed by atoms with E-state index in [0.29, 0.717) is 19.4 Å². The largest absolute Gasteiger partial charge is 0.494 e. The molecular formula is C13H19NO3. The molecule has 1 unspecified atom stereocenters. The number of rotatable bonds is 6. The Labute approximate surface area is 101 Å². The Morgan fingerprint density at radius 2 is 2.12 bits per heavy atom. The molecule has 0 saturated carbocycles. The van der Waals surface area contributed by atoms with Crippen LogP contribution < -0.4 is 10.5 Å². The van der Waals surface area contributed by atoms with Crippen molar-refractivity contribution in [3.05, 3.63) is 29.3 Å². The number of hydrogen-bond acceptors (Lipinski definition) is 3. The highest BCUT2D eigenvalue weighted by molar-refractivity contribution is 5.72. The number of nitrogens with two attached hydrogens (primary N) is 1. The van der Waals surface area contributed by atoms with Gasteiger partial charge in [-0.05, 0) is 49.9 Å². The number of aliphatic carboxylic acids is 1. The molecule has 0 spiro atoms. The highest BCUT2D eigenvalue weighted by atomic mass is 16.5. The Bertz CT molecular complexity index is 390. The number of aryl methyl sites for hydroxylation is 2. The van der Waals surface area contributed by atoms with Crippen LogP contribution in [0.2, 0.25) is 0 Å². The molecule has 0 aliphatic heterocycles. The van der Waals surface area contributed by atoms with Crippen LogP contribution in [0.1, 0.15) is 24.0 Å². The van der Waals surface area contributed by atoms with Gasteiger partial charge < -0.3 is 15.6 Å². The lowest BCUT2D eigenvalue weighted by atomic mass is 10.1. The molecule has 0 bridgehead atoms. The second-order valence-electron chi connectivity index (χ2n) is 4.18. The molecule has 0 amide bonds. The first-order chi connectivity index (χ1) is 8.00. The molecule has 0 aliphatic rings. The van der Waals surface area contributed by atoms with E-state index in [1.54, 1.807) is 0 Å². The molecule has 0 radical (unpaired) electrons. The molecular weight excluding hydrogens is 218 g/mol. The van der Waals surface area contributed by atoms with Gasteiger partial charge >= 0.3 is 5.97 Å². The lowest BCUT2D eigenvalue weighted by Crippen LogP contribution is -2.30. The van der Waals surface area contributed by atoms with E-state index < -0.39 is 12.0 Å². The van der Waals surface area contributed by atoms with Crippen LogP contribution in [0.4, 0.5) is 0 Å². The van der Waals surface area contributed by atoms with Crippen molar-refractivity contribution in [2.75, 3.05) is 6.61 Å². The van der Waals surface area contributed by atoms with Crippen molar-refractivity contribution in [3.8, 4) is 5.75 Å². The smallest absolute Gasteiger partial charge is 0.320 e. The summed E-state index contributed by atoms with van der Waals surface area (Å²) >= 11 is 0. The molecule has 0 aromatic heterocycles. The molecule has 0 saturated heterocycles. The van der Waals surface area contributed by atoms with E-state index in [1.165, 1.54) is 11.1 Å². The fourth-order valence-electron chi connectivity index (χ4n) is 1.42. The van der Waals surface area contributed by atoms with Gasteiger partial charge in [-0.2, -0.15) is 0 Å². The third-order valence-electron chi connectivity index (χ3n) is 2.72. The molecule has 94 valence electrons. The van der Waals surface area contributed by atoms with Gasteiger partial charge in [0.1, 0.15) is 11.8 Å². The van der Waals surface area contributed by atoms with Crippen LogP contribution in [0, 0.1) is 13.8 Å². The van der Waals surface area contributed by atoms with E-state index in [4.69, 9.17) is 15.6 Å². The molecule has 0 fully saturated rings. The molecule has 1 atom stereocenters. The predicted molar refractivity (Wildman–Crippen MR) is 66.3 cm³/mol. The first-order valence-electron chi connectivity index (χ1n) is 5.69. The summed E-state index contributed by atoms with van der Waals surface area (Å²) in [4.78, 5) is 10.5. The van der Waals surface area contributed by atoms with Crippen molar-refractivity contribution in [1.82, 2.24) is 0 Å². The van der Waals surface area contributed by atoms with Crippen LogP contribution in [0.3, 0.4) is 0 Å². The second kappa shape index (κ2) is 6.25. The lowest BCUT2D eigenvalue weighted by molar-refractivity contribution is -0.138. The van der Waals surface area contributed by atoms with Crippen LogP contribution in [0.5, 0.6) is 5.75 Å². The van der Waals surface area contributed by atoms with E-state index in [9.17, 15) is 4.79 Å². The maximum absolute atomic E-state index is 10.5. The molecule has 17 heavy (non-hydrogen) atoms. The predicted octanol–water partition coefficient (Wildman–Crippen LogP) is 1.87. The number of carboxylic acid groups (broad SMARTS) is 1. The quantitative estimate of drug-likeness (QED) is 0.741. The van der Waals surface area contributed by atoms with Gasteiger partial charge in [-0.15, -0.1) is 0 Å². The Morgan fingerprint density at radius 1 is 1.41 bits per heavy atom. The summed E-state index contributed by atoms with van der Waals surface area (Å²) in [6, 6.07) is 5.11. The Hall–Kier alpha value is -1.55. The third kappa shape index (κ3) is 4.44. The lowest BCUT2D eigenvalue weighted by Gasteiger charge is -2.09. The van der Waals surface area contributed by atoms with E-state index in [-0.39, 0.29) is 0 Å². The van der Waals surface area contributed by atoms with Crippen molar-refractivity contribution >= 4 is 5.97 Å². The van der Waals surface area contributed by atoms with Crippen molar-refractivity contribution in [3.63, 3.8) is 0 Å². The molecule has 0 aliphatic carbocycles. The van der Waals surface area contributed by atoms with Gasteiger partial charge in [0.25, 0.3) is 0 Å². The number of carboxylic acids is 1. The van der Waals surface area contributed by atoms with Gasteiger partial charge in [0.2, 0.25) is 0 Å². The SMILES string of the molecule is Cc1ccc(OCCCC(N)C(=O)O)cc1C. The zero-order chi connectivity index (χ0) is 12.8. The van der Waals surface area contributed by atoms with Crippen LogP contribution in [-0.4, -0.2) is 23.7 Å². The Kier molecular flexibility index (Phi) is 4.97. The van der Waals surface area contributed by atoms with Crippen molar-refractivity contribution in [2.24, 2.45) is 5.73 Å². The summed E-state index contributed by atoms with van der Waals surface area (Å²) in [5.74, 6) is -0.145. The second-order valence-corrected chi connectivity index (χ2v) is 4.18. The summed E-state index contributed by atoms with van der Waals surface area (Å²) < 4.78 is 5.52. The van der Waals surface area contributed by atoms with E-state index in [2.05, 4.69) is 0 Å². The number of hydrogen-bond donors (Lipinski definition) is 2. The molecule has 0 heterocycles. The number of carbonyl (C=O) groups is 1. The Balaban J connectivity index is 2.31. The van der Waals surface area contributed by atoms with Crippen LogP contribution >= 0.6 is 0 Å². The van der Waals surface area contributed by atoms with E-state index in [1.807, 2.05) is 32.0 Å². The summed E-state index contributed by atoms with van der Waals surface area (Å²) in [6.07, 6.45) is 1.07. The van der Waals surface area contributed by atoms with Gasteiger partial charge in [-0.25, -0.2) is 0 Å². The van der Waals surface area contributed by atoms with E-state index >= 15 is 0 Å². The van der Waals surface area contributed by atoms with Crippen molar-refractivity contribution in [1.29, 1.82) is 0 Å². The molecule has 3 N–H and O–H groups in total. The maximum atomic E-state index is 10.5. The minimum atomic E-state index is -0.962. The monoisotopic (exact) mass is 237 g/mol. The molecule has 1 aromatic carbocycles. The molecule has 4 heteroatoms. The minimum absolute atomic E-state index is 0.431.